The first-order valence-electron chi connectivity index (χ1n) is 6.15. The Labute approximate surface area is 114 Å². The van der Waals surface area contributed by atoms with Crippen LogP contribution in [0.4, 0.5) is 13.2 Å². The van der Waals surface area contributed by atoms with Crippen molar-refractivity contribution in [2.45, 2.75) is 18.3 Å². The fourth-order valence-corrected chi connectivity index (χ4v) is 2.46. The van der Waals surface area contributed by atoms with Crippen molar-refractivity contribution in [3.05, 3.63) is 53.9 Å². The molecule has 0 amide bonds. The number of pyridine rings is 1. The van der Waals surface area contributed by atoms with Gasteiger partial charge in [0.05, 0.1) is 17.7 Å². The number of aromatic nitrogens is 1. The smallest absolute Gasteiger partial charge is 0.350 e. The number of hydrogen-bond acceptors (Lipinski definition) is 3. The third-order valence-electron chi connectivity index (χ3n) is 3.49. The molecule has 1 aliphatic carbocycles. The summed E-state index contributed by atoms with van der Waals surface area (Å²) in [5.41, 5.74) is 0.240. The molecular weight excluding hydrogens is 267 g/mol. The lowest BCUT2D eigenvalue weighted by Gasteiger charge is -2.26. The van der Waals surface area contributed by atoms with Gasteiger partial charge in [0.1, 0.15) is 5.84 Å². The van der Waals surface area contributed by atoms with E-state index in [2.05, 4.69) is 9.98 Å². The van der Waals surface area contributed by atoms with Gasteiger partial charge in [0.2, 0.25) is 0 Å². The number of aliphatic imine (C=N–C) groups is 1. The molecule has 2 unspecified atom stereocenters. The molecular formula is C14H12F3N3. The molecule has 3 nitrogen and oxygen atoms in total. The second-order valence-electron chi connectivity index (χ2n) is 4.76. The predicted molar refractivity (Wildman–Crippen MR) is 69.4 cm³/mol. The van der Waals surface area contributed by atoms with Crippen LogP contribution in [0.3, 0.4) is 0 Å². The summed E-state index contributed by atoms with van der Waals surface area (Å²) in [5, 5.41) is 0. The van der Waals surface area contributed by atoms with Crippen LogP contribution in [0, 0.1) is 0 Å². The maximum Gasteiger partial charge on any atom is 0.416 e. The molecule has 6 heteroatoms. The molecule has 0 aromatic carbocycles. The van der Waals surface area contributed by atoms with Gasteiger partial charge in [-0.15, -0.1) is 0 Å². The number of fused-ring (bicyclic) bond motifs is 1. The van der Waals surface area contributed by atoms with Gasteiger partial charge < -0.3 is 4.90 Å². The first-order valence-corrected chi connectivity index (χ1v) is 6.15. The minimum absolute atomic E-state index is 0.269. The van der Waals surface area contributed by atoms with Crippen LogP contribution in [0.1, 0.15) is 5.56 Å². The first kappa shape index (κ1) is 12.9. The number of rotatable bonds is 1. The third-order valence-corrected chi connectivity index (χ3v) is 3.49. The number of nitrogens with zero attached hydrogens (tertiary/aromatic N) is 3. The van der Waals surface area contributed by atoms with Crippen molar-refractivity contribution in [3.63, 3.8) is 0 Å². The van der Waals surface area contributed by atoms with Crippen LogP contribution in [0.15, 0.2) is 53.3 Å². The van der Waals surface area contributed by atoms with Gasteiger partial charge in [-0.1, -0.05) is 12.2 Å². The van der Waals surface area contributed by atoms with Crippen LogP contribution in [-0.4, -0.2) is 41.0 Å². The van der Waals surface area contributed by atoms with E-state index >= 15 is 0 Å². The molecule has 3 rings (SSSR count). The van der Waals surface area contributed by atoms with Crippen molar-refractivity contribution in [1.82, 2.24) is 9.88 Å². The minimum atomic E-state index is -4.32. The van der Waals surface area contributed by atoms with Crippen molar-refractivity contribution in [2.75, 3.05) is 7.05 Å². The molecule has 0 saturated carbocycles. The maximum atomic E-state index is 12.8. The Morgan fingerprint density at radius 2 is 1.90 bits per heavy atom. The van der Waals surface area contributed by atoms with Gasteiger partial charge >= 0.3 is 6.18 Å². The Morgan fingerprint density at radius 1 is 1.20 bits per heavy atom. The summed E-state index contributed by atoms with van der Waals surface area (Å²) in [6.45, 7) is 0. The van der Waals surface area contributed by atoms with Crippen molar-refractivity contribution in [3.8, 4) is 0 Å². The second kappa shape index (κ2) is 4.47. The molecule has 2 aliphatic rings. The van der Waals surface area contributed by atoms with Crippen molar-refractivity contribution >= 4 is 5.84 Å². The average molecular weight is 279 g/mol. The van der Waals surface area contributed by atoms with Crippen LogP contribution in [0.25, 0.3) is 0 Å². The number of alkyl halides is 3. The summed E-state index contributed by atoms with van der Waals surface area (Å²) < 4.78 is 38.3. The van der Waals surface area contributed by atoms with Gasteiger partial charge in [-0.25, -0.2) is 0 Å². The number of hydrogen-bond donors (Lipinski definition) is 0. The molecule has 0 spiro atoms. The molecule has 2 heterocycles. The van der Waals surface area contributed by atoms with Gasteiger partial charge in [0.15, 0.2) is 0 Å². The lowest BCUT2D eigenvalue weighted by molar-refractivity contribution is -0.0889. The molecule has 2 atom stereocenters. The standard InChI is InChI=1S/C14H12F3N3/c1-20-12-8-10(14(15,16)17)2-3-11(12)19-13(20)9-4-6-18-7-5-9/h2-8,11-12H,1H3. The fourth-order valence-electron chi connectivity index (χ4n) is 2.46. The van der Waals surface area contributed by atoms with E-state index in [0.717, 1.165) is 11.6 Å². The highest BCUT2D eigenvalue weighted by atomic mass is 19.4. The minimum Gasteiger partial charge on any atom is -0.350 e. The second-order valence-corrected chi connectivity index (χ2v) is 4.76. The van der Waals surface area contributed by atoms with E-state index in [9.17, 15) is 13.2 Å². The normalized spacial score (nSPS) is 25.3. The zero-order valence-corrected chi connectivity index (χ0v) is 10.7. The van der Waals surface area contributed by atoms with E-state index in [4.69, 9.17) is 0 Å². The predicted octanol–water partition coefficient (Wildman–Crippen LogP) is 2.57. The Bertz CT molecular complexity index is 602. The summed E-state index contributed by atoms with van der Waals surface area (Å²) in [6.07, 6.45) is 2.82. The Balaban J connectivity index is 1.92. The zero-order chi connectivity index (χ0) is 14.3. The SMILES string of the molecule is CN1C(c2ccncc2)=NC2C=CC(C(F)(F)F)=CC21. The molecule has 20 heavy (non-hydrogen) atoms. The van der Waals surface area contributed by atoms with E-state index in [1.54, 1.807) is 36.5 Å². The van der Waals surface area contributed by atoms with Crippen LogP contribution < -0.4 is 0 Å². The highest BCUT2D eigenvalue weighted by molar-refractivity contribution is 6.00. The Morgan fingerprint density at radius 3 is 2.55 bits per heavy atom. The first-order chi connectivity index (χ1) is 9.47. The number of amidine groups is 1. The highest BCUT2D eigenvalue weighted by Crippen LogP contribution is 2.33. The van der Waals surface area contributed by atoms with E-state index in [0.29, 0.717) is 5.84 Å². The van der Waals surface area contributed by atoms with Crippen LogP contribution >= 0.6 is 0 Å². The van der Waals surface area contributed by atoms with Gasteiger partial charge in [0, 0.05) is 25.0 Å². The van der Waals surface area contributed by atoms with Crippen LogP contribution in [0.2, 0.25) is 0 Å². The van der Waals surface area contributed by atoms with E-state index in [1.807, 2.05) is 0 Å². The van der Waals surface area contributed by atoms with Gasteiger partial charge in [-0.3, -0.25) is 9.98 Å². The fraction of sp³-hybridized carbons (Fsp3) is 0.286. The molecule has 0 bridgehead atoms. The number of likely N-dealkylation sites (N-methyl/N-ethyl adjacent to an activating group) is 1. The van der Waals surface area contributed by atoms with Crippen LogP contribution in [0.5, 0.6) is 0 Å². The summed E-state index contributed by atoms with van der Waals surface area (Å²) >= 11 is 0. The quantitative estimate of drug-likeness (QED) is 0.790. The van der Waals surface area contributed by atoms with Gasteiger partial charge in [0.25, 0.3) is 0 Å². The van der Waals surface area contributed by atoms with Crippen LogP contribution in [-0.2, 0) is 0 Å². The van der Waals surface area contributed by atoms with E-state index in [1.165, 1.54) is 12.2 Å². The van der Waals surface area contributed by atoms with Crippen molar-refractivity contribution in [1.29, 1.82) is 0 Å². The zero-order valence-electron chi connectivity index (χ0n) is 10.7. The molecule has 1 aromatic heterocycles. The lowest BCUT2D eigenvalue weighted by atomic mass is 9.98. The number of allylic oxidation sites excluding steroid dienone is 2. The molecule has 0 fully saturated rings. The summed E-state index contributed by atoms with van der Waals surface area (Å²) in [7, 11) is 1.76. The molecule has 0 N–H and O–H groups in total. The highest BCUT2D eigenvalue weighted by Gasteiger charge is 2.39. The summed E-state index contributed by atoms with van der Waals surface area (Å²) in [4.78, 5) is 10.2. The number of halogens is 3. The molecule has 0 saturated heterocycles. The summed E-state index contributed by atoms with van der Waals surface area (Å²) in [5.74, 6) is 0.687. The Kier molecular flexibility index (Phi) is 2.88. The van der Waals surface area contributed by atoms with Gasteiger partial charge in [-0.05, 0) is 18.2 Å². The van der Waals surface area contributed by atoms with Crippen molar-refractivity contribution in [2.24, 2.45) is 4.99 Å². The van der Waals surface area contributed by atoms with Gasteiger partial charge in [-0.2, -0.15) is 13.2 Å². The van der Waals surface area contributed by atoms with E-state index < -0.39 is 11.7 Å². The molecule has 1 aromatic rings. The maximum absolute atomic E-state index is 12.8. The topological polar surface area (TPSA) is 28.5 Å². The molecule has 0 radical (unpaired) electrons. The average Bonchev–Trinajstić information content (AvgIpc) is 2.76. The molecule has 104 valence electrons. The molecule has 1 aliphatic heterocycles. The van der Waals surface area contributed by atoms with Crippen molar-refractivity contribution < 1.29 is 13.2 Å². The largest absolute Gasteiger partial charge is 0.416 e. The monoisotopic (exact) mass is 279 g/mol. The summed E-state index contributed by atoms with van der Waals surface area (Å²) in [6, 6.07) is 2.93. The third kappa shape index (κ3) is 2.11. The lowest BCUT2D eigenvalue weighted by Crippen LogP contribution is -2.37. The van der Waals surface area contributed by atoms with E-state index in [-0.39, 0.29) is 12.1 Å². The Hall–Kier alpha value is -2.11.